The summed E-state index contributed by atoms with van der Waals surface area (Å²) in [6.45, 7) is 6.43. The Bertz CT molecular complexity index is 338. The quantitative estimate of drug-likeness (QED) is 0.755. The Hall–Kier alpha value is -1.26. The zero-order valence-electron chi connectivity index (χ0n) is 12.9. The molecule has 1 aliphatic carbocycles. The van der Waals surface area contributed by atoms with E-state index in [4.69, 9.17) is 5.11 Å². The smallest absolute Gasteiger partial charge is 0.323 e. The predicted octanol–water partition coefficient (Wildman–Crippen LogP) is 2.85. The van der Waals surface area contributed by atoms with Crippen LogP contribution in [-0.2, 0) is 4.79 Å². The lowest BCUT2D eigenvalue weighted by molar-refractivity contribution is -0.138. The van der Waals surface area contributed by atoms with E-state index in [1.54, 1.807) is 0 Å². The van der Waals surface area contributed by atoms with E-state index in [-0.39, 0.29) is 24.0 Å². The molecule has 1 aliphatic rings. The van der Waals surface area contributed by atoms with Crippen molar-refractivity contribution in [2.75, 3.05) is 13.1 Å². The molecule has 1 saturated carbocycles. The molecular weight excluding hydrogens is 256 g/mol. The zero-order valence-corrected chi connectivity index (χ0v) is 12.9. The van der Waals surface area contributed by atoms with Gasteiger partial charge in [0, 0.05) is 12.6 Å². The highest BCUT2D eigenvalue weighted by Crippen LogP contribution is 2.40. The van der Waals surface area contributed by atoms with Crippen molar-refractivity contribution in [1.82, 2.24) is 10.2 Å². The summed E-state index contributed by atoms with van der Waals surface area (Å²) in [6.07, 6.45) is 6.59. The van der Waals surface area contributed by atoms with Gasteiger partial charge in [-0.3, -0.25) is 4.79 Å². The molecule has 2 N–H and O–H groups in total. The van der Waals surface area contributed by atoms with E-state index in [0.717, 1.165) is 25.7 Å². The minimum absolute atomic E-state index is 0.0627. The van der Waals surface area contributed by atoms with Gasteiger partial charge >= 0.3 is 12.0 Å². The Morgan fingerprint density at radius 3 is 2.35 bits per heavy atom. The van der Waals surface area contributed by atoms with Gasteiger partial charge in [-0.1, -0.05) is 26.7 Å². The van der Waals surface area contributed by atoms with Crippen LogP contribution in [0, 0.1) is 5.41 Å². The molecule has 1 fully saturated rings. The van der Waals surface area contributed by atoms with Crippen LogP contribution < -0.4 is 5.32 Å². The highest BCUT2D eigenvalue weighted by molar-refractivity contribution is 5.80. The Labute approximate surface area is 121 Å². The predicted molar refractivity (Wildman–Crippen MR) is 78.7 cm³/mol. The Balaban J connectivity index is 2.59. The van der Waals surface area contributed by atoms with Crippen LogP contribution in [0.25, 0.3) is 0 Å². The summed E-state index contributed by atoms with van der Waals surface area (Å²) in [5.41, 5.74) is 0.222. The van der Waals surface area contributed by atoms with E-state index in [1.165, 1.54) is 17.7 Å². The summed E-state index contributed by atoms with van der Waals surface area (Å²) in [4.78, 5) is 24.6. The second kappa shape index (κ2) is 7.50. The Morgan fingerprint density at radius 1 is 1.30 bits per heavy atom. The van der Waals surface area contributed by atoms with E-state index in [0.29, 0.717) is 6.54 Å². The highest BCUT2D eigenvalue weighted by Gasteiger charge is 2.33. The Kier molecular flexibility index (Phi) is 6.30. The van der Waals surface area contributed by atoms with Crippen molar-refractivity contribution in [2.24, 2.45) is 5.41 Å². The first-order valence-electron chi connectivity index (χ1n) is 7.70. The third kappa shape index (κ3) is 4.39. The molecule has 0 aromatic heterocycles. The van der Waals surface area contributed by atoms with E-state index < -0.39 is 5.97 Å². The van der Waals surface area contributed by atoms with Crippen molar-refractivity contribution >= 4 is 12.0 Å². The molecule has 1 rings (SSSR count). The first-order valence-corrected chi connectivity index (χ1v) is 7.70. The molecule has 0 aromatic carbocycles. The molecular formula is C15H28N2O3. The maximum absolute atomic E-state index is 12.2. The number of aliphatic carboxylic acids is 1. The van der Waals surface area contributed by atoms with Gasteiger partial charge in [0.25, 0.3) is 0 Å². The van der Waals surface area contributed by atoms with Gasteiger partial charge in [0.05, 0.1) is 0 Å². The van der Waals surface area contributed by atoms with Gasteiger partial charge in [-0.05, 0) is 38.0 Å². The summed E-state index contributed by atoms with van der Waals surface area (Å²) in [5, 5.41) is 11.9. The lowest BCUT2D eigenvalue weighted by atomic mass is 9.83. The van der Waals surface area contributed by atoms with Crippen LogP contribution >= 0.6 is 0 Å². The number of carbonyl (C=O) groups excluding carboxylic acids is 1. The summed E-state index contributed by atoms with van der Waals surface area (Å²) in [5.74, 6) is -0.966. The third-order valence-corrected chi connectivity index (χ3v) is 4.72. The van der Waals surface area contributed by atoms with Crippen LogP contribution in [0.4, 0.5) is 4.79 Å². The summed E-state index contributed by atoms with van der Waals surface area (Å²) in [7, 11) is 0. The number of urea groups is 1. The molecule has 0 spiro atoms. The summed E-state index contributed by atoms with van der Waals surface area (Å²) < 4.78 is 0. The molecule has 20 heavy (non-hydrogen) atoms. The fraction of sp³-hybridized carbons (Fsp3) is 0.867. The lowest BCUT2D eigenvalue weighted by Gasteiger charge is -2.31. The maximum Gasteiger partial charge on any atom is 0.323 e. The van der Waals surface area contributed by atoms with Gasteiger partial charge < -0.3 is 15.3 Å². The van der Waals surface area contributed by atoms with Crippen molar-refractivity contribution in [3.8, 4) is 0 Å². The lowest BCUT2D eigenvalue weighted by Crippen LogP contribution is -2.49. The largest absolute Gasteiger partial charge is 0.480 e. The maximum atomic E-state index is 12.2. The second-order valence-corrected chi connectivity index (χ2v) is 6.00. The molecule has 2 amide bonds. The molecule has 0 radical (unpaired) electrons. The fourth-order valence-electron chi connectivity index (χ4n) is 2.94. The average molecular weight is 284 g/mol. The van der Waals surface area contributed by atoms with Crippen molar-refractivity contribution in [3.63, 3.8) is 0 Å². The monoisotopic (exact) mass is 284 g/mol. The number of carboxylic acids is 1. The van der Waals surface area contributed by atoms with E-state index >= 15 is 0 Å². The zero-order chi connectivity index (χ0) is 15.2. The summed E-state index contributed by atoms with van der Waals surface area (Å²) >= 11 is 0. The molecule has 116 valence electrons. The number of amides is 2. The molecule has 5 nitrogen and oxygen atoms in total. The molecule has 1 atom stereocenters. The average Bonchev–Trinajstić information content (AvgIpc) is 2.90. The van der Waals surface area contributed by atoms with E-state index in [9.17, 15) is 9.59 Å². The highest BCUT2D eigenvalue weighted by atomic mass is 16.4. The number of hydrogen-bond donors (Lipinski definition) is 2. The van der Waals surface area contributed by atoms with Crippen LogP contribution in [0.3, 0.4) is 0 Å². The molecule has 1 unspecified atom stereocenters. The van der Waals surface area contributed by atoms with Gasteiger partial charge in [-0.2, -0.15) is 0 Å². The van der Waals surface area contributed by atoms with Crippen molar-refractivity contribution < 1.29 is 14.7 Å². The molecule has 0 heterocycles. The molecule has 5 heteroatoms. The summed E-state index contributed by atoms with van der Waals surface area (Å²) in [6, 6.07) is -0.311. The normalized spacial score (nSPS) is 18.6. The van der Waals surface area contributed by atoms with Crippen LogP contribution in [0.15, 0.2) is 0 Å². The third-order valence-electron chi connectivity index (χ3n) is 4.72. The van der Waals surface area contributed by atoms with Crippen LogP contribution in [0.5, 0.6) is 0 Å². The fourth-order valence-corrected chi connectivity index (χ4v) is 2.94. The van der Waals surface area contributed by atoms with Gasteiger partial charge in [-0.25, -0.2) is 4.79 Å². The van der Waals surface area contributed by atoms with E-state index in [2.05, 4.69) is 12.2 Å². The number of carbonyl (C=O) groups is 2. The van der Waals surface area contributed by atoms with Gasteiger partial charge in [0.15, 0.2) is 0 Å². The number of hydrogen-bond acceptors (Lipinski definition) is 2. The Morgan fingerprint density at radius 2 is 1.90 bits per heavy atom. The SMILES string of the molecule is CCC(C)N(CC(=O)O)C(=O)NCC1(CC)CCCC1. The topological polar surface area (TPSA) is 69.6 Å². The molecule has 0 saturated heterocycles. The molecule has 0 aliphatic heterocycles. The minimum atomic E-state index is -0.966. The van der Waals surface area contributed by atoms with Crippen molar-refractivity contribution in [3.05, 3.63) is 0 Å². The van der Waals surface area contributed by atoms with Crippen LogP contribution in [-0.4, -0.2) is 41.1 Å². The van der Waals surface area contributed by atoms with Crippen LogP contribution in [0.1, 0.15) is 59.3 Å². The van der Waals surface area contributed by atoms with Crippen LogP contribution in [0.2, 0.25) is 0 Å². The van der Waals surface area contributed by atoms with Gasteiger partial charge in [0.2, 0.25) is 0 Å². The first kappa shape index (κ1) is 16.8. The second-order valence-electron chi connectivity index (χ2n) is 6.00. The van der Waals surface area contributed by atoms with Gasteiger partial charge in [0.1, 0.15) is 6.54 Å². The first-order chi connectivity index (χ1) is 9.44. The standard InChI is InChI=1S/C15H28N2O3/c1-4-12(3)17(10-13(18)19)14(20)16-11-15(5-2)8-6-7-9-15/h12H,4-11H2,1-3H3,(H,16,20)(H,18,19). The van der Waals surface area contributed by atoms with Gasteiger partial charge in [-0.15, -0.1) is 0 Å². The van der Waals surface area contributed by atoms with E-state index in [1.807, 2.05) is 13.8 Å². The number of carboxylic acid groups (broad SMARTS) is 1. The molecule has 0 bridgehead atoms. The van der Waals surface area contributed by atoms with Crippen molar-refractivity contribution in [2.45, 2.75) is 65.3 Å². The number of rotatable bonds is 7. The number of nitrogens with zero attached hydrogens (tertiary/aromatic N) is 1. The van der Waals surface area contributed by atoms with Crippen molar-refractivity contribution in [1.29, 1.82) is 0 Å². The minimum Gasteiger partial charge on any atom is -0.480 e. The molecule has 0 aromatic rings. The number of nitrogens with one attached hydrogen (secondary N) is 1.